The average Bonchev–Trinajstić information content (AvgIpc) is 3.63. The van der Waals surface area contributed by atoms with Crippen LogP contribution < -0.4 is 46.0 Å². The lowest BCUT2D eigenvalue weighted by atomic mass is 9.91. The Hall–Kier alpha value is -8.80. The van der Waals surface area contributed by atoms with Gasteiger partial charge in [0, 0.05) is 79.8 Å². The van der Waals surface area contributed by atoms with Gasteiger partial charge in [-0.1, -0.05) is 194 Å². The van der Waals surface area contributed by atoms with Crippen LogP contribution in [0, 0.1) is 0 Å². The van der Waals surface area contributed by atoms with E-state index in [-0.39, 0.29) is 49.0 Å². The van der Waals surface area contributed by atoms with Gasteiger partial charge in [0.15, 0.2) is 14.3 Å². The highest BCUT2D eigenvalue weighted by atomic mass is 31.2. The van der Waals surface area contributed by atoms with Crippen LogP contribution in [0.4, 0.5) is 0 Å². The fraction of sp³-hybridized carbons (Fsp3) is 0.101. The van der Waals surface area contributed by atoms with E-state index in [1.165, 1.54) is 0 Å². The SMILES string of the molecule is CC(C)Oc1c2cccc1Cc1cc(P(=O)(c3ccccc3)c3ccccc3)cc(c1OC(=O)c1ccccc1)Cc1cc(P(=O)(c3ccccc3)c3ccccc3)cc(c1OC(=O)c1ccccc1)Cc1cccc(c1O)C2. The molecule has 0 radical (unpaired) electrons. The summed E-state index contributed by atoms with van der Waals surface area (Å²) in [4.78, 5) is 29.5. The van der Waals surface area contributed by atoms with Gasteiger partial charge in [0.05, 0.1) is 17.2 Å². The van der Waals surface area contributed by atoms with Crippen molar-refractivity contribution in [3.8, 4) is 23.0 Å². The normalized spacial score (nSPS) is 12.3. The molecule has 79 heavy (non-hydrogen) atoms. The van der Waals surface area contributed by atoms with Crippen LogP contribution >= 0.6 is 14.3 Å². The van der Waals surface area contributed by atoms with Crippen molar-refractivity contribution in [2.75, 3.05) is 0 Å². The van der Waals surface area contributed by atoms with E-state index in [4.69, 9.17) is 14.2 Å². The lowest BCUT2D eigenvalue weighted by Gasteiger charge is -2.26. The fourth-order valence-corrected chi connectivity index (χ4v) is 16.1. The van der Waals surface area contributed by atoms with Crippen molar-refractivity contribution in [1.82, 2.24) is 0 Å². The quantitative estimate of drug-likeness (QED) is 0.0731. The predicted molar refractivity (Wildman–Crippen MR) is 316 cm³/mol. The van der Waals surface area contributed by atoms with Crippen molar-refractivity contribution >= 4 is 58.0 Å². The molecule has 8 bridgehead atoms. The Kier molecular flexibility index (Phi) is 15.0. The Morgan fingerprint density at radius 2 is 0.633 bits per heavy atom. The van der Waals surface area contributed by atoms with Gasteiger partial charge in [0.1, 0.15) is 23.0 Å². The molecule has 1 aliphatic rings. The summed E-state index contributed by atoms with van der Waals surface area (Å²) in [6, 6.07) is 73.8. The highest BCUT2D eigenvalue weighted by molar-refractivity contribution is 7.85. The second kappa shape index (κ2) is 22.7. The summed E-state index contributed by atoms with van der Waals surface area (Å²) in [5.74, 6) is -0.220. The number of rotatable bonds is 12. The number of aromatic hydroxyl groups is 1. The molecule has 0 spiro atoms. The van der Waals surface area contributed by atoms with Gasteiger partial charge in [0.2, 0.25) is 0 Å². The van der Waals surface area contributed by atoms with Gasteiger partial charge in [-0.3, -0.25) is 0 Å². The summed E-state index contributed by atoms with van der Waals surface area (Å²) >= 11 is 0. The number of carbonyl (C=O) groups excluding carboxylic acids is 2. The third-order valence-corrected chi connectivity index (χ3v) is 20.4. The maximum Gasteiger partial charge on any atom is 0.343 e. The number of fused-ring (bicyclic) bond motifs is 8. The molecule has 0 saturated heterocycles. The van der Waals surface area contributed by atoms with E-state index >= 15 is 9.13 Å². The maximum atomic E-state index is 16.8. The van der Waals surface area contributed by atoms with Crippen molar-refractivity contribution in [3.63, 3.8) is 0 Å². The van der Waals surface area contributed by atoms with Crippen LogP contribution in [0.5, 0.6) is 23.0 Å². The summed E-state index contributed by atoms with van der Waals surface area (Å²) in [7, 11) is -7.55. The lowest BCUT2D eigenvalue weighted by Crippen LogP contribution is -2.27. The number of ether oxygens (including phenoxy) is 3. The van der Waals surface area contributed by atoms with E-state index in [1.54, 1.807) is 48.5 Å². The molecule has 10 aromatic carbocycles. The largest absolute Gasteiger partial charge is 0.507 e. The Bertz CT molecular complexity index is 3860. The van der Waals surface area contributed by atoms with Gasteiger partial charge in [-0.25, -0.2) is 9.59 Å². The summed E-state index contributed by atoms with van der Waals surface area (Å²) in [6.45, 7) is 3.93. The molecule has 0 saturated carbocycles. The van der Waals surface area contributed by atoms with Gasteiger partial charge in [-0.2, -0.15) is 0 Å². The number of hydrogen-bond acceptors (Lipinski definition) is 8. The maximum absolute atomic E-state index is 16.8. The Morgan fingerprint density at radius 3 is 0.962 bits per heavy atom. The van der Waals surface area contributed by atoms with Crippen LogP contribution in [0.25, 0.3) is 0 Å². The zero-order chi connectivity index (χ0) is 54.5. The number of hydrogen-bond donors (Lipinski definition) is 1. The third kappa shape index (κ3) is 10.7. The Labute approximate surface area is 460 Å². The summed E-state index contributed by atoms with van der Waals surface area (Å²) < 4.78 is 53.7. The molecule has 10 aromatic rings. The summed E-state index contributed by atoms with van der Waals surface area (Å²) in [5, 5.41) is 15.7. The molecule has 0 fully saturated rings. The van der Waals surface area contributed by atoms with Crippen LogP contribution in [0.15, 0.2) is 243 Å². The molecule has 390 valence electrons. The van der Waals surface area contributed by atoms with Crippen molar-refractivity contribution in [1.29, 1.82) is 0 Å². The van der Waals surface area contributed by atoms with E-state index in [9.17, 15) is 14.7 Å². The molecule has 0 aliphatic heterocycles. The molecular weight excluding hydrogens is 1020 g/mol. The Morgan fingerprint density at radius 1 is 0.354 bits per heavy atom. The molecule has 0 heterocycles. The van der Waals surface area contributed by atoms with Gasteiger partial charge < -0.3 is 28.4 Å². The van der Waals surface area contributed by atoms with Gasteiger partial charge in [0.25, 0.3) is 0 Å². The first-order valence-corrected chi connectivity index (χ1v) is 29.8. The first kappa shape index (κ1) is 52.3. The van der Waals surface area contributed by atoms with Crippen LogP contribution in [-0.4, -0.2) is 23.1 Å². The molecule has 10 heteroatoms. The van der Waals surface area contributed by atoms with Gasteiger partial charge in [-0.15, -0.1) is 0 Å². The molecule has 1 aliphatic carbocycles. The minimum Gasteiger partial charge on any atom is -0.507 e. The summed E-state index contributed by atoms with van der Waals surface area (Å²) in [6.07, 6.45) is 0.104. The highest BCUT2D eigenvalue weighted by Gasteiger charge is 2.36. The highest BCUT2D eigenvalue weighted by Crippen LogP contribution is 2.48. The van der Waals surface area contributed by atoms with E-state index < -0.39 is 26.2 Å². The van der Waals surface area contributed by atoms with Gasteiger partial charge in [-0.05, 0) is 84.6 Å². The Balaban J connectivity index is 1.28. The summed E-state index contributed by atoms with van der Waals surface area (Å²) in [5.41, 5.74) is 5.20. The number of carbonyl (C=O) groups is 2. The number of phenols is 1. The monoisotopic (exact) mass is 1070 g/mol. The molecule has 0 unspecified atom stereocenters. The smallest absolute Gasteiger partial charge is 0.343 e. The van der Waals surface area contributed by atoms with Gasteiger partial charge >= 0.3 is 11.9 Å². The number of phenolic OH excluding ortho intramolecular Hbond substituents is 1. The topological polar surface area (TPSA) is 116 Å². The third-order valence-electron chi connectivity index (χ3n) is 14.3. The predicted octanol–water partition coefficient (Wildman–Crippen LogP) is 12.6. The second-order valence-electron chi connectivity index (χ2n) is 20.0. The average molecular weight is 1080 g/mol. The molecule has 8 nitrogen and oxygen atoms in total. The fourth-order valence-electron chi connectivity index (χ4n) is 10.6. The minimum absolute atomic E-state index is 0.0369. The molecule has 1 N–H and O–H groups in total. The van der Waals surface area contributed by atoms with Crippen molar-refractivity contribution in [2.45, 2.75) is 45.6 Å². The standard InChI is InChI=1S/C69H56O8P2/c1-47(2)75-65-52-29-22-30-53(65)41-55-44-63(79(74,60-35-17-7-18-36-60)61-37-19-8-20-38-61)46-57(67(55)77-69(72)49-25-11-4-12-26-49)42-56-45-62(78(73,58-31-13-5-14-32-58)59-33-15-6-16-34-59)43-54(40-51-28-21-27-50(39-52)64(51)70)66(56)76-68(71)48-23-9-3-10-24-48/h3-38,43-47,70H,39-42H2,1-2H3. The van der Waals surface area contributed by atoms with Crippen LogP contribution in [0.1, 0.15) is 79.1 Å². The molecule has 0 amide bonds. The number of benzene rings is 10. The van der Waals surface area contributed by atoms with E-state index in [1.807, 2.05) is 208 Å². The van der Waals surface area contributed by atoms with Crippen LogP contribution in [0.3, 0.4) is 0 Å². The van der Waals surface area contributed by atoms with Crippen molar-refractivity contribution < 1.29 is 38.0 Å². The van der Waals surface area contributed by atoms with Crippen LogP contribution in [-0.2, 0) is 34.8 Å². The van der Waals surface area contributed by atoms with Crippen LogP contribution in [0.2, 0.25) is 0 Å². The second-order valence-corrected chi connectivity index (χ2v) is 25.5. The number of esters is 2. The van der Waals surface area contributed by atoms with Crippen molar-refractivity contribution in [3.05, 3.63) is 298 Å². The number of para-hydroxylation sites is 2. The van der Waals surface area contributed by atoms with E-state index in [2.05, 4.69) is 0 Å². The zero-order valence-electron chi connectivity index (χ0n) is 43.7. The molecular formula is C69H56O8P2. The minimum atomic E-state index is -3.78. The molecule has 0 atom stereocenters. The lowest BCUT2D eigenvalue weighted by molar-refractivity contribution is 0.0724. The first-order chi connectivity index (χ1) is 38.5. The first-order valence-electron chi connectivity index (χ1n) is 26.3. The van der Waals surface area contributed by atoms with E-state index in [0.29, 0.717) is 82.1 Å². The van der Waals surface area contributed by atoms with Crippen molar-refractivity contribution in [2.24, 2.45) is 0 Å². The van der Waals surface area contributed by atoms with E-state index in [0.717, 1.165) is 11.1 Å². The molecule has 11 rings (SSSR count). The molecule has 0 aromatic heterocycles. The zero-order valence-corrected chi connectivity index (χ0v) is 45.5.